The predicted molar refractivity (Wildman–Crippen MR) is 82.0 cm³/mol. The second-order valence-electron chi connectivity index (χ2n) is 5.30. The van der Waals surface area contributed by atoms with E-state index in [9.17, 15) is 4.79 Å². The smallest absolute Gasteiger partial charge is 0.271 e. The molecule has 1 aliphatic rings. The third-order valence-corrected chi connectivity index (χ3v) is 4.18. The van der Waals surface area contributed by atoms with E-state index < -0.39 is 0 Å². The summed E-state index contributed by atoms with van der Waals surface area (Å²) in [6, 6.07) is 2.26. The molecule has 7 heteroatoms. The molecule has 0 radical (unpaired) electrons. The van der Waals surface area contributed by atoms with Gasteiger partial charge in [0.15, 0.2) is 0 Å². The fourth-order valence-electron chi connectivity index (χ4n) is 2.67. The van der Waals surface area contributed by atoms with Crippen molar-refractivity contribution >= 4 is 21.8 Å². The molecular formula is C14H18BrN5O. The van der Waals surface area contributed by atoms with Gasteiger partial charge in [-0.2, -0.15) is 10.2 Å². The van der Waals surface area contributed by atoms with Crippen LogP contribution < -0.4 is 5.32 Å². The lowest BCUT2D eigenvalue weighted by molar-refractivity contribution is 0.0945. The van der Waals surface area contributed by atoms with Crippen LogP contribution in [-0.4, -0.2) is 32.0 Å². The number of nitrogens with one attached hydrogen (secondary N) is 1. The van der Waals surface area contributed by atoms with Gasteiger partial charge in [-0.3, -0.25) is 14.2 Å². The van der Waals surface area contributed by atoms with Crippen LogP contribution in [0, 0.1) is 0 Å². The van der Waals surface area contributed by atoms with Crippen molar-refractivity contribution in [2.75, 3.05) is 6.54 Å². The van der Waals surface area contributed by atoms with Crippen molar-refractivity contribution in [2.45, 2.75) is 38.3 Å². The number of aromatic nitrogens is 4. The van der Waals surface area contributed by atoms with E-state index in [1.54, 1.807) is 16.9 Å². The zero-order valence-electron chi connectivity index (χ0n) is 11.7. The Kier molecular flexibility index (Phi) is 4.38. The number of rotatable bonds is 5. The van der Waals surface area contributed by atoms with Crippen LogP contribution in [-0.2, 0) is 6.54 Å². The van der Waals surface area contributed by atoms with Crippen LogP contribution in [0.5, 0.6) is 0 Å². The van der Waals surface area contributed by atoms with Gasteiger partial charge in [0, 0.05) is 18.9 Å². The molecule has 1 amide bonds. The van der Waals surface area contributed by atoms with Crippen LogP contribution in [0.4, 0.5) is 0 Å². The van der Waals surface area contributed by atoms with E-state index in [4.69, 9.17) is 0 Å². The molecule has 1 N–H and O–H groups in total. The van der Waals surface area contributed by atoms with Crippen molar-refractivity contribution in [1.29, 1.82) is 0 Å². The van der Waals surface area contributed by atoms with Crippen LogP contribution >= 0.6 is 15.9 Å². The van der Waals surface area contributed by atoms with Crippen molar-refractivity contribution in [1.82, 2.24) is 24.9 Å². The summed E-state index contributed by atoms with van der Waals surface area (Å²) in [5.41, 5.74) is 0.489. The molecule has 3 rings (SSSR count). The quantitative estimate of drug-likeness (QED) is 0.899. The summed E-state index contributed by atoms with van der Waals surface area (Å²) in [5.74, 6) is -0.127. The molecule has 21 heavy (non-hydrogen) atoms. The third-order valence-electron chi connectivity index (χ3n) is 3.77. The highest BCUT2D eigenvalue weighted by Gasteiger charge is 2.18. The van der Waals surface area contributed by atoms with E-state index in [0.29, 0.717) is 24.8 Å². The first-order valence-corrected chi connectivity index (χ1v) is 8.03. The first-order chi connectivity index (χ1) is 10.2. The highest BCUT2D eigenvalue weighted by Crippen LogP contribution is 2.28. The maximum absolute atomic E-state index is 12.0. The Bertz CT molecular complexity index is 614. The Hall–Kier alpha value is -1.63. The molecule has 0 atom stereocenters. The van der Waals surface area contributed by atoms with Gasteiger partial charge in [0.25, 0.3) is 5.91 Å². The number of carbonyl (C=O) groups is 1. The third kappa shape index (κ3) is 3.53. The van der Waals surface area contributed by atoms with Crippen LogP contribution in [0.2, 0.25) is 0 Å². The monoisotopic (exact) mass is 351 g/mol. The van der Waals surface area contributed by atoms with Crippen LogP contribution in [0.15, 0.2) is 29.1 Å². The summed E-state index contributed by atoms with van der Waals surface area (Å²) in [5, 5.41) is 11.4. The van der Waals surface area contributed by atoms with Crippen molar-refractivity contribution < 1.29 is 4.79 Å². The number of hydrogen-bond donors (Lipinski definition) is 1. The van der Waals surface area contributed by atoms with E-state index in [2.05, 4.69) is 31.4 Å². The lowest BCUT2D eigenvalue weighted by Gasteiger charge is -2.08. The Morgan fingerprint density at radius 1 is 1.43 bits per heavy atom. The first kappa shape index (κ1) is 14.3. The van der Waals surface area contributed by atoms with Gasteiger partial charge < -0.3 is 5.32 Å². The van der Waals surface area contributed by atoms with E-state index in [-0.39, 0.29) is 5.91 Å². The molecule has 2 heterocycles. The first-order valence-electron chi connectivity index (χ1n) is 7.24. The molecule has 2 aromatic rings. The van der Waals surface area contributed by atoms with E-state index in [1.807, 2.05) is 17.1 Å². The molecule has 1 aliphatic carbocycles. The molecule has 0 saturated heterocycles. The van der Waals surface area contributed by atoms with Crippen molar-refractivity contribution in [3.8, 4) is 0 Å². The number of halogens is 1. The van der Waals surface area contributed by atoms with E-state index in [1.165, 1.54) is 12.8 Å². The van der Waals surface area contributed by atoms with Crippen LogP contribution in [0.25, 0.3) is 0 Å². The van der Waals surface area contributed by atoms with Crippen LogP contribution in [0.3, 0.4) is 0 Å². The molecule has 1 fully saturated rings. The minimum atomic E-state index is -0.127. The van der Waals surface area contributed by atoms with Gasteiger partial charge >= 0.3 is 0 Å². The normalized spacial score (nSPS) is 15.5. The number of carbonyl (C=O) groups excluding carboxylic acids is 1. The van der Waals surface area contributed by atoms with Gasteiger partial charge in [-0.15, -0.1) is 0 Å². The minimum absolute atomic E-state index is 0.127. The average molecular weight is 352 g/mol. The Morgan fingerprint density at radius 3 is 2.95 bits per heavy atom. The summed E-state index contributed by atoms with van der Waals surface area (Å²) in [4.78, 5) is 12.0. The molecular weight excluding hydrogens is 334 g/mol. The summed E-state index contributed by atoms with van der Waals surface area (Å²) in [6.07, 6.45) is 10.4. The molecule has 0 spiro atoms. The fourth-order valence-corrected chi connectivity index (χ4v) is 2.99. The average Bonchev–Trinajstić information content (AvgIpc) is 3.19. The van der Waals surface area contributed by atoms with Crippen molar-refractivity contribution in [3.63, 3.8) is 0 Å². The van der Waals surface area contributed by atoms with Gasteiger partial charge in [0.1, 0.15) is 5.69 Å². The second-order valence-corrected chi connectivity index (χ2v) is 6.21. The summed E-state index contributed by atoms with van der Waals surface area (Å²) >= 11 is 3.34. The Morgan fingerprint density at radius 2 is 2.24 bits per heavy atom. The highest BCUT2D eigenvalue weighted by molar-refractivity contribution is 9.10. The molecule has 0 aromatic carbocycles. The van der Waals surface area contributed by atoms with Gasteiger partial charge in [-0.1, -0.05) is 12.8 Å². The van der Waals surface area contributed by atoms with Gasteiger partial charge in [0.05, 0.1) is 23.3 Å². The number of amides is 1. The van der Waals surface area contributed by atoms with Gasteiger partial charge in [-0.25, -0.2) is 0 Å². The molecule has 2 aromatic heterocycles. The number of nitrogens with zero attached hydrogens (tertiary/aromatic N) is 4. The topological polar surface area (TPSA) is 64.7 Å². The molecule has 1 saturated carbocycles. The predicted octanol–water partition coefficient (Wildman–Crippen LogP) is 2.39. The van der Waals surface area contributed by atoms with E-state index in [0.717, 1.165) is 17.3 Å². The minimum Gasteiger partial charge on any atom is -0.349 e. The largest absolute Gasteiger partial charge is 0.349 e. The number of hydrogen-bond acceptors (Lipinski definition) is 3. The molecule has 0 aliphatic heterocycles. The highest BCUT2D eigenvalue weighted by atomic mass is 79.9. The lowest BCUT2D eigenvalue weighted by atomic mass is 10.3. The zero-order chi connectivity index (χ0) is 14.7. The second kappa shape index (κ2) is 6.43. The summed E-state index contributed by atoms with van der Waals surface area (Å²) in [7, 11) is 0. The van der Waals surface area contributed by atoms with Crippen molar-refractivity contribution in [2.24, 2.45) is 0 Å². The SMILES string of the molecule is O=C(NCCn1cc(Br)cn1)c1ccn(C2CCCC2)n1. The van der Waals surface area contributed by atoms with Gasteiger partial charge in [-0.05, 0) is 34.8 Å². The van der Waals surface area contributed by atoms with E-state index >= 15 is 0 Å². The molecule has 112 valence electrons. The van der Waals surface area contributed by atoms with Crippen molar-refractivity contribution in [3.05, 3.63) is 34.8 Å². The summed E-state index contributed by atoms with van der Waals surface area (Å²) < 4.78 is 4.65. The summed E-state index contributed by atoms with van der Waals surface area (Å²) in [6.45, 7) is 1.17. The zero-order valence-corrected chi connectivity index (χ0v) is 13.3. The Balaban J connectivity index is 1.50. The maximum atomic E-state index is 12.0. The molecule has 0 bridgehead atoms. The standard InChI is InChI=1S/C14H18BrN5O/c15-11-9-17-19(10-11)8-6-16-14(21)13-5-7-20(18-13)12-3-1-2-4-12/h5,7,9-10,12H,1-4,6,8H2,(H,16,21). The van der Waals surface area contributed by atoms with Crippen LogP contribution in [0.1, 0.15) is 42.2 Å². The van der Waals surface area contributed by atoms with Gasteiger partial charge in [0.2, 0.25) is 0 Å². The molecule has 6 nitrogen and oxygen atoms in total. The Labute approximate surface area is 131 Å². The lowest BCUT2D eigenvalue weighted by Crippen LogP contribution is -2.28. The molecule has 0 unspecified atom stereocenters. The maximum Gasteiger partial charge on any atom is 0.271 e. The fraction of sp³-hybridized carbons (Fsp3) is 0.500.